The van der Waals surface area contributed by atoms with E-state index < -0.39 is 0 Å². The summed E-state index contributed by atoms with van der Waals surface area (Å²) in [5, 5.41) is 3.50. The highest BCUT2D eigenvalue weighted by Crippen LogP contribution is 2.37. The van der Waals surface area contributed by atoms with Crippen molar-refractivity contribution in [1.82, 2.24) is 5.32 Å². The summed E-state index contributed by atoms with van der Waals surface area (Å²) in [6, 6.07) is 14.2. The molecule has 0 radical (unpaired) electrons. The smallest absolute Gasteiger partial charge is 0.123 e. The maximum atomic E-state index is 13.1. The van der Waals surface area contributed by atoms with Crippen LogP contribution in [0.1, 0.15) is 23.1 Å². The second kappa shape index (κ2) is 5.73. The summed E-state index contributed by atoms with van der Waals surface area (Å²) in [5.74, 6) is -0.166. The molecule has 114 valence electrons. The second-order valence-corrected chi connectivity index (χ2v) is 6.32. The van der Waals surface area contributed by atoms with E-state index in [1.807, 2.05) is 12.1 Å². The molecule has 2 nitrogen and oxygen atoms in total. The predicted molar refractivity (Wildman–Crippen MR) is 88.0 cm³/mol. The van der Waals surface area contributed by atoms with E-state index in [2.05, 4.69) is 28.4 Å². The summed E-state index contributed by atoms with van der Waals surface area (Å²) in [7, 11) is 0. The second-order valence-electron chi connectivity index (χ2n) is 6.32. The topological polar surface area (TPSA) is 15.3 Å². The third kappa shape index (κ3) is 2.50. The quantitative estimate of drug-likeness (QED) is 0.916. The molecule has 2 aliphatic heterocycles. The van der Waals surface area contributed by atoms with Gasteiger partial charge in [-0.25, -0.2) is 4.39 Å². The van der Waals surface area contributed by atoms with E-state index in [-0.39, 0.29) is 5.82 Å². The van der Waals surface area contributed by atoms with Gasteiger partial charge in [-0.05, 0) is 54.6 Å². The molecule has 1 fully saturated rings. The Hall–Kier alpha value is -1.87. The molecule has 2 heterocycles. The number of nitrogens with one attached hydrogen (secondary N) is 1. The molecule has 2 aromatic carbocycles. The van der Waals surface area contributed by atoms with Crippen molar-refractivity contribution in [1.29, 1.82) is 0 Å². The van der Waals surface area contributed by atoms with Crippen molar-refractivity contribution in [3.8, 4) is 0 Å². The fraction of sp³-hybridized carbons (Fsp3) is 0.368. The van der Waals surface area contributed by atoms with Crippen molar-refractivity contribution in [3.63, 3.8) is 0 Å². The molecule has 0 spiro atoms. The molecule has 22 heavy (non-hydrogen) atoms. The summed E-state index contributed by atoms with van der Waals surface area (Å²) >= 11 is 0. The summed E-state index contributed by atoms with van der Waals surface area (Å²) < 4.78 is 13.1. The number of hydrogen-bond donors (Lipinski definition) is 1. The van der Waals surface area contributed by atoms with E-state index >= 15 is 0 Å². The van der Waals surface area contributed by atoms with Crippen molar-refractivity contribution in [2.75, 3.05) is 24.5 Å². The van der Waals surface area contributed by atoms with Crippen LogP contribution in [0.2, 0.25) is 0 Å². The molecular weight excluding hydrogens is 275 g/mol. The highest BCUT2D eigenvalue weighted by molar-refractivity contribution is 5.65. The number of fused-ring (bicyclic) bond motifs is 3. The van der Waals surface area contributed by atoms with Gasteiger partial charge >= 0.3 is 0 Å². The van der Waals surface area contributed by atoms with E-state index in [0.717, 1.165) is 32.5 Å². The Morgan fingerprint density at radius 3 is 2.82 bits per heavy atom. The van der Waals surface area contributed by atoms with Gasteiger partial charge in [0.2, 0.25) is 0 Å². The number of rotatable bonds is 2. The largest absolute Gasteiger partial charge is 0.366 e. The van der Waals surface area contributed by atoms with Gasteiger partial charge in [-0.15, -0.1) is 0 Å². The van der Waals surface area contributed by atoms with Crippen LogP contribution >= 0.6 is 0 Å². The summed E-state index contributed by atoms with van der Waals surface area (Å²) in [6.07, 6.45) is 3.25. The van der Waals surface area contributed by atoms with Crippen molar-refractivity contribution in [3.05, 3.63) is 65.0 Å². The van der Waals surface area contributed by atoms with Gasteiger partial charge in [0, 0.05) is 24.8 Å². The fourth-order valence-electron chi connectivity index (χ4n) is 3.84. The molecule has 2 aliphatic rings. The maximum absolute atomic E-state index is 13.1. The van der Waals surface area contributed by atoms with Crippen LogP contribution in [-0.4, -0.2) is 25.7 Å². The molecule has 0 bridgehead atoms. The lowest BCUT2D eigenvalue weighted by molar-refractivity contribution is 0.612. The van der Waals surface area contributed by atoms with Crippen LogP contribution in [0.3, 0.4) is 0 Å². The molecule has 1 N–H and O–H groups in total. The zero-order chi connectivity index (χ0) is 14.9. The van der Waals surface area contributed by atoms with E-state index in [1.54, 1.807) is 12.1 Å². The minimum atomic E-state index is -0.166. The molecule has 0 aromatic heterocycles. The molecule has 0 aliphatic carbocycles. The van der Waals surface area contributed by atoms with Crippen LogP contribution in [0.5, 0.6) is 0 Å². The van der Waals surface area contributed by atoms with Crippen molar-refractivity contribution >= 4 is 5.69 Å². The SMILES string of the molecule is Fc1ccc(Cc2cccc3c2N2CCNCCC2C3)cc1. The third-order valence-electron chi connectivity index (χ3n) is 4.88. The first kappa shape index (κ1) is 13.8. The number of anilines is 1. The first-order valence-electron chi connectivity index (χ1n) is 8.14. The standard InChI is InChI=1S/C19H21FN2/c20-17-6-4-14(5-7-17)12-15-2-1-3-16-13-18-8-9-21-10-11-22(18)19(15)16/h1-7,18,21H,8-13H2. The Morgan fingerprint density at radius 2 is 1.95 bits per heavy atom. The van der Waals surface area contributed by atoms with Gasteiger partial charge in [0.15, 0.2) is 0 Å². The molecule has 3 heteroatoms. The van der Waals surface area contributed by atoms with Crippen molar-refractivity contribution in [2.45, 2.75) is 25.3 Å². The summed E-state index contributed by atoms with van der Waals surface area (Å²) in [6.45, 7) is 3.25. The highest BCUT2D eigenvalue weighted by atomic mass is 19.1. The van der Waals surface area contributed by atoms with Crippen LogP contribution in [0.15, 0.2) is 42.5 Å². The number of hydrogen-bond acceptors (Lipinski definition) is 2. The van der Waals surface area contributed by atoms with E-state index in [0.29, 0.717) is 6.04 Å². The average molecular weight is 296 g/mol. The van der Waals surface area contributed by atoms with Crippen LogP contribution < -0.4 is 10.2 Å². The van der Waals surface area contributed by atoms with Gasteiger partial charge < -0.3 is 10.2 Å². The van der Waals surface area contributed by atoms with Gasteiger partial charge in [-0.3, -0.25) is 0 Å². The van der Waals surface area contributed by atoms with Crippen molar-refractivity contribution in [2.24, 2.45) is 0 Å². The van der Waals surface area contributed by atoms with E-state index in [4.69, 9.17) is 0 Å². The Balaban J connectivity index is 1.67. The van der Waals surface area contributed by atoms with E-state index in [9.17, 15) is 4.39 Å². The lowest BCUT2D eigenvalue weighted by atomic mass is 10.00. The minimum absolute atomic E-state index is 0.166. The van der Waals surface area contributed by atoms with Gasteiger partial charge in [-0.1, -0.05) is 30.3 Å². The molecule has 0 amide bonds. The molecule has 2 aromatic rings. The monoisotopic (exact) mass is 296 g/mol. The first-order chi connectivity index (χ1) is 10.8. The first-order valence-corrected chi connectivity index (χ1v) is 8.14. The number of nitrogens with zero attached hydrogens (tertiary/aromatic N) is 1. The molecule has 0 saturated carbocycles. The normalized spacial score (nSPS) is 20.4. The van der Waals surface area contributed by atoms with Gasteiger partial charge in [-0.2, -0.15) is 0 Å². The lowest BCUT2D eigenvalue weighted by Gasteiger charge is -2.26. The van der Waals surface area contributed by atoms with Gasteiger partial charge in [0.25, 0.3) is 0 Å². The Labute approximate surface area is 131 Å². The minimum Gasteiger partial charge on any atom is -0.366 e. The molecule has 1 unspecified atom stereocenters. The molecule has 1 atom stereocenters. The van der Waals surface area contributed by atoms with Crippen LogP contribution in [-0.2, 0) is 12.8 Å². The average Bonchev–Trinajstić information content (AvgIpc) is 2.73. The van der Waals surface area contributed by atoms with Crippen molar-refractivity contribution < 1.29 is 4.39 Å². The van der Waals surface area contributed by atoms with Crippen LogP contribution in [0.4, 0.5) is 10.1 Å². The number of benzene rings is 2. The Kier molecular flexibility index (Phi) is 3.59. The van der Waals surface area contributed by atoms with Crippen LogP contribution in [0, 0.1) is 5.82 Å². The Morgan fingerprint density at radius 1 is 1.09 bits per heavy atom. The lowest BCUT2D eigenvalue weighted by Crippen LogP contribution is -2.33. The maximum Gasteiger partial charge on any atom is 0.123 e. The van der Waals surface area contributed by atoms with Gasteiger partial charge in [0.1, 0.15) is 5.82 Å². The summed E-state index contributed by atoms with van der Waals surface area (Å²) in [5.41, 5.74) is 5.45. The number of halogens is 1. The highest BCUT2D eigenvalue weighted by Gasteiger charge is 2.31. The van der Waals surface area contributed by atoms with Crippen LogP contribution in [0.25, 0.3) is 0 Å². The molecule has 4 rings (SSSR count). The number of para-hydroxylation sites is 1. The fourth-order valence-corrected chi connectivity index (χ4v) is 3.84. The Bertz CT molecular complexity index is 666. The van der Waals surface area contributed by atoms with Gasteiger partial charge in [0.05, 0.1) is 0 Å². The predicted octanol–water partition coefficient (Wildman–Crippen LogP) is 3.14. The zero-order valence-corrected chi connectivity index (χ0v) is 12.7. The zero-order valence-electron chi connectivity index (χ0n) is 12.7. The van der Waals surface area contributed by atoms with E-state index in [1.165, 1.54) is 28.8 Å². The molecular formula is C19H21FN2. The summed E-state index contributed by atoms with van der Waals surface area (Å²) in [4.78, 5) is 2.59. The third-order valence-corrected chi connectivity index (χ3v) is 4.88. The molecule has 1 saturated heterocycles.